The first-order chi connectivity index (χ1) is 9.11. The molecule has 0 aromatic heterocycles. The van der Waals surface area contributed by atoms with Crippen molar-refractivity contribution < 1.29 is 15.0 Å². The van der Waals surface area contributed by atoms with Gasteiger partial charge in [0.15, 0.2) is 0 Å². The summed E-state index contributed by atoms with van der Waals surface area (Å²) >= 11 is 3.50. The van der Waals surface area contributed by atoms with E-state index in [1.807, 2.05) is 0 Å². The zero-order valence-electron chi connectivity index (χ0n) is 10.6. The van der Waals surface area contributed by atoms with E-state index in [4.69, 9.17) is 0 Å². The van der Waals surface area contributed by atoms with Crippen LogP contribution < -0.4 is 5.32 Å². The van der Waals surface area contributed by atoms with Gasteiger partial charge in [0.25, 0.3) is 5.91 Å². The Morgan fingerprint density at radius 2 is 2.05 bits per heavy atom. The second-order valence-electron chi connectivity index (χ2n) is 5.02. The van der Waals surface area contributed by atoms with E-state index in [0.29, 0.717) is 18.4 Å². The van der Waals surface area contributed by atoms with Crippen molar-refractivity contribution in [3.8, 4) is 11.5 Å². The zero-order chi connectivity index (χ0) is 13.8. The number of amides is 1. The number of alkyl halides is 1. The topological polar surface area (TPSA) is 69.6 Å². The maximum absolute atomic E-state index is 12.0. The molecular weight excluding hydrogens is 310 g/mol. The molecule has 1 aromatic carbocycles. The molecule has 0 aliphatic heterocycles. The number of rotatable bonds is 4. The van der Waals surface area contributed by atoms with Gasteiger partial charge < -0.3 is 15.5 Å². The van der Waals surface area contributed by atoms with Crippen molar-refractivity contribution >= 4 is 21.8 Å². The minimum absolute atomic E-state index is 0.0258. The molecule has 1 aliphatic rings. The summed E-state index contributed by atoms with van der Waals surface area (Å²) in [6.45, 7) is 0.615. The van der Waals surface area contributed by atoms with Gasteiger partial charge in [-0.05, 0) is 42.9 Å². The molecule has 5 heteroatoms. The van der Waals surface area contributed by atoms with Gasteiger partial charge in [0.1, 0.15) is 11.5 Å². The number of hydrogen-bond donors (Lipinski definition) is 3. The van der Waals surface area contributed by atoms with Crippen molar-refractivity contribution in [2.45, 2.75) is 19.3 Å². The van der Waals surface area contributed by atoms with E-state index in [0.717, 1.165) is 11.8 Å². The Hall–Kier alpha value is -1.23. The Kier molecular flexibility index (Phi) is 4.69. The lowest BCUT2D eigenvalue weighted by atomic mass is 9.98. The Labute approximate surface area is 121 Å². The van der Waals surface area contributed by atoms with Gasteiger partial charge in [0.2, 0.25) is 0 Å². The molecule has 0 spiro atoms. The smallest absolute Gasteiger partial charge is 0.255 e. The van der Waals surface area contributed by atoms with Gasteiger partial charge in [-0.1, -0.05) is 22.4 Å². The summed E-state index contributed by atoms with van der Waals surface area (Å²) in [7, 11) is 0. The fraction of sp³-hybridized carbons (Fsp3) is 0.500. The van der Waals surface area contributed by atoms with Crippen LogP contribution in [0.2, 0.25) is 0 Å². The van der Waals surface area contributed by atoms with E-state index in [9.17, 15) is 15.0 Å². The molecule has 0 saturated heterocycles. The van der Waals surface area contributed by atoms with Crippen LogP contribution in [0.3, 0.4) is 0 Å². The van der Waals surface area contributed by atoms with Crippen LogP contribution in [0.15, 0.2) is 18.2 Å². The summed E-state index contributed by atoms with van der Waals surface area (Å²) in [5.74, 6) is 0.621. The highest BCUT2D eigenvalue weighted by atomic mass is 79.9. The van der Waals surface area contributed by atoms with Gasteiger partial charge in [-0.2, -0.15) is 0 Å². The fourth-order valence-corrected chi connectivity index (χ4v) is 3.46. The highest BCUT2D eigenvalue weighted by Gasteiger charge is 2.26. The number of hydrogen-bond acceptors (Lipinski definition) is 3. The van der Waals surface area contributed by atoms with Crippen LogP contribution in [0.1, 0.15) is 29.6 Å². The maximum atomic E-state index is 12.0. The van der Waals surface area contributed by atoms with Crippen LogP contribution in [0, 0.1) is 11.8 Å². The van der Waals surface area contributed by atoms with Gasteiger partial charge in [0.05, 0.1) is 5.56 Å². The van der Waals surface area contributed by atoms with Crippen molar-refractivity contribution in [3.05, 3.63) is 23.8 Å². The Bertz CT molecular complexity index is 464. The molecule has 1 fully saturated rings. The number of nitrogens with one attached hydrogen (secondary N) is 1. The van der Waals surface area contributed by atoms with Gasteiger partial charge in [0, 0.05) is 11.9 Å². The van der Waals surface area contributed by atoms with E-state index in [1.54, 1.807) is 0 Å². The summed E-state index contributed by atoms with van der Waals surface area (Å²) < 4.78 is 0. The molecule has 104 valence electrons. The molecule has 2 rings (SSSR count). The fourth-order valence-electron chi connectivity index (χ4n) is 2.61. The summed E-state index contributed by atoms with van der Waals surface area (Å²) in [4.78, 5) is 12.0. The molecule has 19 heavy (non-hydrogen) atoms. The lowest BCUT2D eigenvalue weighted by Gasteiger charge is -2.18. The number of benzene rings is 1. The van der Waals surface area contributed by atoms with Crippen molar-refractivity contribution in [1.29, 1.82) is 0 Å². The lowest BCUT2D eigenvalue weighted by molar-refractivity contribution is 0.0941. The summed E-state index contributed by atoms with van der Waals surface area (Å²) in [6, 6.07) is 3.95. The molecule has 4 nitrogen and oxygen atoms in total. The third kappa shape index (κ3) is 3.41. The first-order valence-corrected chi connectivity index (χ1v) is 7.60. The van der Waals surface area contributed by atoms with E-state index in [2.05, 4.69) is 21.2 Å². The van der Waals surface area contributed by atoms with Crippen molar-refractivity contribution in [1.82, 2.24) is 5.32 Å². The highest BCUT2D eigenvalue weighted by Crippen LogP contribution is 2.32. The highest BCUT2D eigenvalue weighted by molar-refractivity contribution is 9.09. The third-order valence-electron chi connectivity index (χ3n) is 3.76. The SMILES string of the molecule is O=C(NCC1CCCC1CBr)c1cc(O)ccc1O. The molecule has 0 radical (unpaired) electrons. The second-order valence-corrected chi connectivity index (χ2v) is 5.66. The van der Waals surface area contributed by atoms with Crippen LogP contribution in [-0.4, -0.2) is 28.0 Å². The largest absolute Gasteiger partial charge is 0.508 e. The van der Waals surface area contributed by atoms with Gasteiger partial charge in [-0.15, -0.1) is 0 Å². The van der Waals surface area contributed by atoms with Crippen LogP contribution in [-0.2, 0) is 0 Å². The summed E-state index contributed by atoms with van der Waals surface area (Å²) in [5.41, 5.74) is 0.119. The molecule has 2 unspecified atom stereocenters. The predicted octanol–water partition coefficient (Wildman–Crippen LogP) is 2.64. The minimum Gasteiger partial charge on any atom is -0.508 e. The van der Waals surface area contributed by atoms with Crippen molar-refractivity contribution in [3.63, 3.8) is 0 Å². The predicted molar refractivity (Wildman–Crippen MR) is 76.7 cm³/mol. The Morgan fingerprint density at radius 1 is 1.32 bits per heavy atom. The van der Waals surface area contributed by atoms with E-state index < -0.39 is 0 Å². The molecule has 0 heterocycles. The quantitative estimate of drug-likeness (QED) is 0.588. The number of aromatic hydroxyl groups is 2. The Balaban J connectivity index is 1.96. The van der Waals surface area contributed by atoms with Gasteiger partial charge in [-0.25, -0.2) is 0 Å². The van der Waals surface area contributed by atoms with Gasteiger partial charge in [-0.3, -0.25) is 4.79 Å². The number of phenolic OH excluding ortho intramolecular Hbond substituents is 2. The number of phenols is 2. The average Bonchev–Trinajstić information content (AvgIpc) is 2.86. The molecule has 1 aliphatic carbocycles. The van der Waals surface area contributed by atoms with Crippen LogP contribution in [0.25, 0.3) is 0 Å². The average molecular weight is 328 g/mol. The minimum atomic E-state index is -0.339. The standard InChI is InChI=1S/C14H18BrNO3/c15-7-9-2-1-3-10(9)8-16-14(19)12-6-11(17)4-5-13(12)18/h4-6,9-10,17-18H,1-3,7-8H2,(H,16,19). The molecule has 3 N–H and O–H groups in total. The number of carbonyl (C=O) groups is 1. The molecule has 2 atom stereocenters. The normalized spacial score (nSPS) is 22.4. The molecule has 1 saturated carbocycles. The lowest BCUT2D eigenvalue weighted by Crippen LogP contribution is -2.31. The van der Waals surface area contributed by atoms with Crippen LogP contribution in [0.5, 0.6) is 11.5 Å². The molecule has 1 aromatic rings. The second kappa shape index (κ2) is 6.28. The summed E-state index contributed by atoms with van der Waals surface area (Å²) in [6.07, 6.45) is 3.53. The number of carbonyl (C=O) groups excluding carboxylic acids is 1. The first kappa shape index (κ1) is 14.2. The monoisotopic (exact) mass is 327 g/mol. The number of halogens is 1. The first-order valence-electron chi connectivity index (χ1n) is 6.48. The van der Waals surface area contributed by atoms with Crippen LogP contribution in [0.4, 0.5) is 0 Å². The van der Waals surface area contributed by atoms with E-state index in [1.165, 1.54) is 31.0 Å². The van der Waals surface area contributed by atoms with Crippen molar-refractivity contribution in [2.24, 2.45) is 11.8 Å². The van der Waals surface area contributed by atoms with Crippen LogP contribution >= 0.6 is 15.9 Å². The van der Waals surface area contributed by atoms with Gasteiger partial charge >= 0.3 is 0 Å². The van der Waals surface area contributed by atoms with Crippen molar-refractivity contribution in [2.75, 3.05) is 11.9 Å². The van der Waals surface area contributed by atoms with E-state index >= 15 is 0 Å². The molecular formula is C14H18BrNO3. The summed E-state index contributed by atoms with van der Waals surface area (Å²) in [5, 5.41) is 22.8. The maximum Gasteiger partial charge on any atom is 0.255 e. The van der Waals surface area contributed by atoms with E-state index in [-0.39, 0.29) is 23.0 Å². The Morgan fingerprint density at radius 3 is 2.79 bits per heavy atom. The molecule has 0 bridgehead atoms. The third-order valence-corrected chi connectivity index (χ3v) is 4.60. The molecule has 1 amide bonds. The zero-order valence-corrected chi connectivity index (χ0v) is 12.2.